The molecule has 0 fully saturated rings. The normalized spacial score (nSPS) is 15.8. The summed E-state index contributed by atoms with van der Waals surface area (Å²) in [6, 6.07) is 17.7. The van der Waals surface area contributed by atoms with E-state index in [1.54, 1.807) is 42.7 Å². The van der Waals surface area contributed by atoms with Crippen molar-refractivity contribution in [1.82, 2.24) is 10.2 Å². The van der Waals surface area contributed by atoms with Crippen LogP contribution in [-0.4, -0.2) is 52.5 Å². The van der Waals surface area contributed by atoms with Crippen molar-refractivity contribution >= 4 is 63.2 Å². The minimum atomic E-state index is -0.692. The van der Waals surface area contributed by atoms with Crippen molar-refractivity contribution in [3.63, 3.8) is 0 Å². The Morgan fingerprint density at radius 2 is 1.89 bits per heavy atom. The first-order valence-corrected chi connectivity index (χ1v) is 13.8. The topological polar surface area (TPSA) is 112 Å². The van der Waals surface area contributed by atoms with Crippen LogP contribution in [0, 0.1) is 0 Å². The lowest BCUT2D eigenvalue weighted by Crippen LogP contribution is -2.41. The van der Waals surface area contributed by atoms with E-state index < -0.39 is 6.04 Å². The van der Waals surface area contributed by atoms with Crippen LogP contribution >= 0.6 is 23.1 Å². The Kier molecular flexibility index (Phi) is 7.85. The number of nitrogens with zero attached hydrogens (tertiary/aromatic N) is 3. The van der Waals surface area contributed by atoms with Gasteiger partial charge in [-0.2, -0.15) is 0 Å². The zero-order valence-corrected chi connectivity index (χ0v) is 22.2. The molecule has 194 valence electrons. The van der Waals surface area contributed by atoms with Crippen molar-refractivity contribution in [3.8, 4) is 5.75 Å². The number of carbonyl (C=O) groups is 3. The van der Waals surface area contributed by atoms with Gasteiger partial charge >= 0.3 is 0 Å². The number of amidine groups is 2. The number of methoxy groups -OCH3 is 1. The van der Waals surface area contributed by atoms with Gasteiger partial charge in [0, 0.05) is 22.5 Å². The molecule has 11 heteroatoms. The maximum absolute atomic E-state index is 13.4. The molecule has 0 unspecified atom stereocenters. The number of para-hydroxylation sites is 1. The second-order valence-corrected chi connectivity index (χ2v) is 10.5. The van der Waals surface area contributed by atoms with Crippen LogP contribution in [0.5, 0.6) is 5.75 Å². The van der Waals surface area contributed by atoms with E-state index in [2.05, 4.69) is 20.6 Å². The molecule has 38 heavy (non-hydrogen) atoms. The maximum Gasteiger partial charge on any atom is 0.259 e. The first kappa shape index (κ1) is 25.7. The number of hydrogen-bond acceptors (Lipinski definition) is 8. The van der Waals surface area contributed by atoms with Crippen molar-refractivity contribution in [2.24, 2.45) is 9.98 Å². The molecule has 0 saturated heterocycles. The summed E-state index contributed by atoms with van der Waals surface area (Å²) >= 11 is 2.75. The van der Waals surface area contributed by atoms with Gasteiger partial charge in [0.1, 0.15) is 17.6 Å². The summed E-state index contributed by atoms with van der Waals surface area (Å²) in [7, 11) is 1.58. The molecular formula is C27H25N5O4S2. The largest absolute Gasteiger partial charge is 0.497 e. The molecule has 1 atom stereocenters. The maximum atomic E-state index is 13.4. The molecule has 2 aliphatic rings. The van der Waals surface area contributed by atoms with Gasteiger partial charge in [-0.3, -0.25) is 19.4 Å². The quantitative estimate of drug-likeness (QED) is 0.417. The zero-order chi connectivity index (χ0) is 26.5. The first-order chi connectivity index (χ1) is 18.5. The molecule has 9 nitrogen and oxygen atoms in total. The fraction of sp³-hybridized carbons (Fsp3) is 0.222. The number of thiophene rings is 1. The lowest BCUT2D eigenvalue weighted by Gasteiger charge is -2.25. The average molecular weight is 548 g/mol. The number of thioether (sulfide) groups is 1. The van der Waals surface area contributed by atoms with E-state index in [4.69, 9.17) is 4.74 Å². The SMILES string of the molecule is COc1ccc(NC(=O)CSC2=Nc3ccccc3C3=N[C@@H](CCC(=O)NCc4cccs4)C(=O)N23)cc1. The molecule has 0 saturated carbocycles. The molecule has 2 aliphatic heterocycles. The lowest BCUT2D eigenvalue weighted by atomic mass is 10.1. The number of carbonyl (C=O) groups excluding carboxylic acids is 3. The standard InChI is InChI=1S/C27H25N5O4S2/c1-36-18-10-8-17(9-11-18)29-24(34)16-38-27-31-21-7-3-2-6-20(21)25-30-22(26(35)32(25)27)12-13-23(33)28-15-19-5-4-14-37-19/h2-11,14,22H,12-13,15-16H2,1H3,(H,28,33)(H,29,34)/t22-/m0/s1. The fourth-order valence-corrected chi connectivity index (χ4v) is 5.49. The number of ether oxygens (including phenoxy) is 1. The Bertz CT molecular complexity index is 1400. The highest BCUT2D eigenvalue weighted by molar-refractivity contribution is 8.14. The van der Waals surface area contributed by atoms with Gasteiger partial charge < -0.3 is 15.4 Å². The second-order valence-electron chi connectivity index (χ2n) is 8.51. The minimum absolute atomic E-state index is 0.0554. The highest BCUT2D eigenvalue weighted by Crippen LogP contribution is 2.34. The minimum Gasteiger partial charge on any atom is -0.497 e. The molecular weight excluding hydrogens is 522 g/mol. The Hall–Kier alpha value is -3.96. The summed E-state index contributed by atoms with van der Waals surface area (Å²) in [5, 5.41) is 8.08. The number of amides is 3. The third-order valence-electron chi connectivity index (χ3n) is 5.94. The van der Waals surface area contributed by atoms with Gasteiger partial charge in [0.25, 0.3) is 5.91 Å². The van der Waals surface area contributed by atoms with Gasteiger partial charge in [0.05, 0.1) is 25.1 Å². The van der Waals surface area contributed by atoms with Crippen LogP contribution in [0.3, 0.4) is 0 Å². The first-order valence-electron chi connectivity index (χ1n) is 12.0. The van der Waals surface area contributed by atoms with Crippen molar-refractivity contribution in [2.45, 2.75) is 25.4 Å². The molecule has 3 heterocycles. The molecule has 0 aliphatic carbocycles. The van der Waals surface area contributed by atoms with E-state index in [9.17, 15) is 14.4 Å². The highest BCUT2D eigenvalue weighted by atomic mass is 32.2. The summed E-state index contributed by atoms with van der Waals surface area (Å²) in [6.07, 6.45) is 0.463. The number of aliphatic imine (C=N–C) groups is 2. The Morgan fingerprint density at radius 1 is 1.08 bits per heavy atom. The molecule has 0 radical (unpaired) electrons. The second kappa shape index (κ2) is 11.6. The predicted molar refractivity (Wildman–Crippen MR) is 150 cm³/mol. The number of anilines is 1. The van der Waals surface area contributed by atoms with E-state index in [0.29, 0.717) is 34.7 Å². The number of fused-ring (bicyclic) bond motifs is 3. The van der Waals surface area contributed by atoms with Gasteiger partial charge in [-0.25, -0.2) is 9.89 Å². The number of benzene rings is 2. The molecule has 2 N–H and O–H groups in total. The lowest BCUT2D eigenvalue weighted by molar-refractivity contribution is -0.125. The Morgan fingerprint density at radius 3 is 2.66 bits per heavy atom. The van der Waals surface area contributed by atoms with E-state index in [1.807, 2.05) is 41.8 Å². The van der Waals surface area contributed by atoms with E-state index >= 15 is 0 Å². The molecule has 3 aromatic rings. The zero-order valence-electron chi connectivity index (χ0n) is 20.5. The van der Waals surface area contributed by atoms with Crippen LogP contribution < -0.4 is 15.4 Å². The van der Waals surface area contributed by atoms with Gasteiger partial charge in [0.2, 0.25) is 11.8 Å². The van der Waals surface area contributed by atoms with E-state index in [0.717, 1.165) is 10.4 Å². The van der Waals surface area contributed by atoms with Gasteiger partial charge in [0.15, 0.2) is 5.17 Å². The highest BCUT2D eigenvalue weighted by Gasteiger charge is 2.41. The van der Waals surface area contributed by atoms with Crippen molar-refractivity contribution in [3.05, 3.63) is 76.5 Å². The fourth-order valence-electron chi connectivity index (χ4n) is 4.04. The van der Waals surface area contributed by atoms with Gasteiger partial charge in [-0.15, -0.1) is 11.3 Å². The van der Waals surface area contributed by atoms with Crippen LogP contribution in [0.2, 0.25) is 0 Å². The average Bonchev–Trinajstić information content (AvgIpc) is 3.58. The van der Waals surface area contributed by atoms with Gasteiger partial charge in [-0.1, -0.05) is 30.0 Å². The predicted octanol–water partition coefficient (Wildman–Crippen LogP) is 4.18. The third kappa shape index (κ3) is 5.79. The number of rotatable bonds is 9. The van der Waals surface area contributed by atoms with Crippen LogP contribution in [0.25, 0.3) is 0 Å². The summed E-state index contributed by atoms with van der Waals surface area (Å²) in [6.45, 7) is 0.467. The third-order valence-corrected chi connectivity index (χ3v) is 7.75. The van der Waals surface area contributed by atoms with Gasteiger partial charge in [-0.05, 0) is 54.3 Å². The van der Waals surface area contributed by atoms with Crippen LogP contribution in [0.15, 0.2) is 76.0 Å². The smallest absolute Gasteiger partial charge is 0.259 e. The van der Waals surface area contributed by atoms with Crippen LogP contribution in [-0.2, 0) is 20.9 Å². The van der Waals surface area contributed by atoms with Crippen molar-refractivity contribution in [2.75, 3.05) is 18.2 Å². The molecule has 0 spiro atoms. The number of nitrogens with one attached hydrogen (secondary N) is 2. The van der Waals surface area contributed by atoms with Crippen LogP contribution in [0.4, 0.5) is 11.4 Å². The van der Waals surface area contributed by atoms with E-state index in [-0.39, 0.29) is 36.3 Å². The Balaban J connectivity index is 1.24. The molecule has 3 amide bonds. The van der Waals surface area contributed by atoms with Crippen LogP contribution in [0.1, 0.15) is 23.3 Å². The summed E-state index contributed by atoms with van der Waals surface area (Å²) in [5.74, 6) is 0.646. The van der Waals surface area contributed by atoms with E-state index in [1.165, 1.54) is 16.7 Å². The number of hydrogen-bond donors (Lipinski definition) is 2. The molecule has 5 rings (SSSR count). The molecule has 0 bridgehead atoms. The van der Waals surface area contributed by atoms with Crippen molar-refractivity contribution < 1.29 is 19.1 Å². The summed E-state index contributed by atoms with van der Waals surface area (Å²) in [5.41, 5.74) is 2.07. The molecule has 2 aromatic carbocycles. The summed E-state index contributed by atoms with van der Waals surface area (Å²) < 4.78 is 5.14. The monoisotopic (exact) mass is 547 g/mol. The molecule has 1 aromatic heterocycles. The van der Waals surface area contributed by atoms with Crippen molar-refractivity contribution in [1.29, 1.82) is 0 Å². The summed E-state index contributed by atoms with van der Waals surface area (Å²) in [4.78, 5) is 50.3. The Labute approximate surface area is 228 Å².